The van der Waals surface area contributed by atoms with Crippen molar-refractivity contribution >= 4 is 0 Å². The molecule has 5 saturated heterocycles. The first-order valence-electron chi connectivity index (χ1n) is 15.1. The van der Waals surface area contributed by atoms with Crippen LogP contribution in [0.1, 0.15) is 76.3 Å². The second-order valence-corrected chi connectivity index (χ2v) is 13.2. The van der Waals surface area contributed by atoms with Gasteiger partial charge in [0.25, 0.3) is 0 Å². The first kappa shape index (κ1) is 25.2. The molecule has 0 amide bonds. The van der Waals surface area contributed by atoms with E-state index in [-0.39, 0.29) is 18.0 Å². The third-order valence-corrected chi connectivity index (χ3v) is 11.2. The Bertz CT molecular complexity index is 1150. The summed E-state index contributed by atoms with van der Waals surface area (Å²) in [6, 6.07) is 21.9. The molecule has 5 heterocycles. The SMILES string of the molecule is C[C@@H]1C[C@@H]2CCCN2[C@@H](C[C@]2(O)C[C@H]3N4CCC[C@H]4C[C@@H](C)[C@@]3(c3ccccc3)O2)[C@@]1(O)c1ccccc1. The van der Waals surface area contributed by atoms with Crippen molar-refractivity contribution in [3.8, 4) is 0 Å². The van der Waals surface area contributed by atoms with Crippen molar-refractivity contribution in [3.05, 3.63) is 71.8 Å². The first-order valence-corrected chi connectivity index (χ1v) is 15.1. The largest absolute Gasteiger partial charge is 0.383 e. The average molecular weight is 517 g/mol. The molecule has 5 nitrogen and oxygen atoms in total. The smallest absolute Gasteiger partial charge is 0.169 e. The van der Waals surface area contributed by atoms with Gasteiger partial charge in [-0.1, -0.05) is 74.5 Å². The van der Waals surface area contributed by atoms with E-state index in [0.717, 1.165) is 37.9 Å². The lowest BCUT2D eigenvalue weighted by Gasteiger charge is -2.54. The highest BCUT2D eigenvalue weighted by Gasteiger charge is 2.66. The van der Waals surface area contributed by atoms with Crippen molar-refractivity contribution in [2.45, 2.75) is 106 Å². The van der Waals surface area contributed by atoms with E-state index in [1.807, 2.05) is 18.2 Å². The van der Waals surface area contributed by atoms with E-state index >= 15 is 0 Å². The van der Waals surface area contributed by atoms with Gasteiger partial charge in [-0.2, -0.15) is 0 Å². The maximum Gasteiger partial charge on any atom is 0.169 e. The fourth-order valence-electron chi connectivity index (χ4n) is 9.58. The van der Waals surface area contributed by atoms with Crippen molar-refractivity contribution in [2.75, 3.05) is 13.1 Å². The van der Waals surface area contributed by atoms with Crippen LogP contribution in [-0.4, -0.2) is 63.1 Å². The molecule has 2 aromatic rings. The minimum atomic E-state index is -1.30. The van der Waals surface area contributed by atoms with Crippen LogP contribution in [0, 0.1) is 11.8 Å². The Morgan fingerprint density at radius 2 is 1.37 bits per heavy atom. The molecule has 2 N–H and O–H groups in total. The number of fused-ring (bicyclic) bond motifs is 4. The zero-order chi connectivity index (χ0) is 26.1. The molecule has 9 atom stereocenters. The van der Waals surface area contributed by atoms with E-state index in [4.69, 9.17) is 4.74 Å². The molecule has 0 aliphatic carbocycles. The van der Waals surface area contributed by atoms with Crippen LogP contribution in [0.2, 0.25) is 0 Å². The van der Waals surface area contributed by atoms with Crippen molar-refractivity contribution in [2.24, 2.45) is 11.8 Å². The van der Waals surface area contributed by atoms with E-state index in [2.05, 4.69) is 66.1 Å². The van der Waals surface area contributed by atoms with Crippen LogP contribution < -0.4 is 0 Å². The summed E-state index contributed by atoms with van der Waals surface area (Å²) >= 11 is 0. The summed E-state index contributed by atoms with van der Waals surface area (Å²) in [5, 5.41) is 25.2. The zero-order valence-electron chi connectivity index (χ0n) is 23.0. The van der Waals surface area contributed by atoms with Gasteiger partial charge in [-0.25, -0.2) is 0 Å². The first-order chi connectivity index (χ1) is 18.3. The highest BCUT2D eigenvalue weighted by atomic mass is 16.6. The van der Waals surface area contributed by atoms with Gasteiger partial charge in [0.05, 0.1) is 0 Å². The van der Waals surface area contributed by atoms with Crippen LogP contribution in [0.25, 0.3) is 0 Å². The summed E-state index contributed by atoms with van der Waals surface area (Å²) < 4.78 is 7.14. The molecular formula is C33H44N2O3. The fourth-order valence-corrected chi connectivity index (χ4v) is 9.58. The molecule has 5 heteroatoms. The Morgan fingerprint density at radius 1 is 0.789 bits per heavy atom. The van der Waals surface area contributed by atoms with E-state index in [1.165, 1.54) is 24.8 Å². The summed E-state index contributed by atoms with van der Waals surface area (Å²) in [6.07, 6.45) is 7.91. The molecule has 0 bridgehead atoms. The number of ether oxygens (including phenoxy) is 1. The zero-order valence-corrected chi connectivity index (χ0v) is 23.0. The normalized spacial score (nSPS) is 45.1. The van der Waals surface area contributed by atoms with Crippen molar-refractivity contribution in [1.82, 2.24) is 9.80 Å². The van der Waals surface area contributed by atoms with E-state index in [1.54, 1.807) is 0 Å². The van der Waals surface area contributed by atoms with Gasteiger partial charge in [0, 0.05) is 37.0 Å². The lowest BCUT2D eigenvalue weighted by atomic mass is 9.68. The van der Waals surface area contributed by atoms with Crippen LogP contribution in [0.4, 0.5) is 0 Å². The van der Waals surface area contributed by atoms with Crippen molar-refractivity contribution in [3.63, 3.8) is 0 Å². The maximum atomic E-state index is 12.6. The Hall–Kier alpha value is -1.76. The van der Waals surface area contributed by atoms with Gasteiger partial charge in [-0.3, -0.25) is 9.80 Å². The molecule has 0 unspecified atom stereocenters. The predicted molar refractivity (Wildman–Crippen MR) is 148 cm³/mol. The minimum Gasteiger partial charge on any atom is -0.383 e. The second kappa shape index (κ2) is 9.14. The summed E-state index contributed by atoms with van der Waals surface area (Å²) in [6.45, 7) is 6.60. The van der Waals surface area contributed by atoms with Crippen molar-refractivity contribution in [1.29, 1.82) is 0 Å². The third-order valence-electron chi connectivity index (χ3n) is 11.2. The summed E-state index contributed by atoms with van der Waals surface area (Å²) in [5.41, 5.74) is 0.587. The molecule has 0 saturated carbocycles. The van der Waals surface area contributed by atoms with Crippen LogP contribution in [0.5, 0.6) is 0 Å². The minimum absolute atomic E-state index is 0.103. The highest BCUT2D eigenvalue weighted by molar-refractivity contribution is 5.32. The van der Waals surface area contributed by atoms with Crippen LogP contribution >= 0.6 is 0 Å². The molecule has 0 aromatic heterocycles. The number of hydrogen-bond donors (Lipinski definition) is 2. The molecular weight excluding hydrogens is 472 g/mol. The monoisotopic (exact) mass is 516 g/mol. The molecule has 5 fully saturated rings. The predicted octanol–water partition coefficient (Wildman–Crippen LogP) is 5.01. The van der Waals surface area contributed by atoms with Gasteiger partial charge in [0.2, 0.25) is 0 Å². The molecule has 0 spiro atoms. The number of rotatable bonds is 4. The maximum absolute atomic E-state index is 12.6. The number of nitrogens with zero attached hydrogens (tertiary/aromatic N) is 2. The van der Waals surface area contributed by atoms with E-state index < -0.39 is 17.0 Å². The molecule has 38 heavy (non-hydrogen) atoms. The number of aliphatic hydroxyl groups is 2. The lowest BCUT2D eigenvalue weighted by Crippen LogP contribution is -2.62. The number of benzene rings is 2. The van der Waals surface area contributed by atoms with Gasteiger partial charge in [-0.15, -0.1) is 0 Å². The van der Waals surface area contributed by atoms with E-state index in [0.29, 0.717) is 30.8 Å². The lowest BCUT2D eigenvalue weighted by molar-refractivity contribution is -0.270. The molecule has 5 aliphatic rings. The third kappa shape index (κ3) is 3.62. The summed E-state index contributed by atoms with van der Waals surface area (Å²) in [5.74, 6) is -0.892. The highest BCUT2D eigenvalue weighted by Crippen LogP contribution is 2.59. The Morgan fingerprint density at radius 3 is 2.05 bits per heavy atom. The Balaban J connectivity index is 1.30. The van der Waals surface area contributed by atoms with Gasteiger partial charge >= 0.3 is 0 Å². The topological polar surface area (TPSA) is 56.2 Å². The fraction of sp³-hybridized carbons (Fsp3) is 0.636. The molecule has 2 aromatic carbocycles. The standard InChI is InChI=1S/C33H44N2O3/c1-23-19-27-15-9-17-34(27)29(32(23,37)25-11-5-3-6-12-25)21-31(36)22-30-33(38-31,26-13-7-4-8-14-26)24(2)20-28-16-10-18-35(28)30/h3-8,11-14,23-24,27-30,36-37H,9-10,15-22H2,1-2H3/t23-,24-,27+,28+,29+,30-,31-,32+,33+/m1/s1. The van der Waals surface area contributed by atoms with Gasteiger partial charge in [-0.05, 0) is 74.6 Å². The molecule has 7 rings (SSSR count). The van der Waals surface area contributed by atoms with Crippen molar-refractivity contribution < 1.29 is 14.9 Å². The van der Waals surface area contributed by atoms with Crippen LogP contribution in [0.15, 0.2) is 60.7 Å². The van der Waals surface area contributed by atoms with Gasteiger partial charge in [0.1, 0.15) is 11.2 Å². The molecule has 0 radical (unpaired) electrons. The molecule has 5 aliphatic heterocycles. The molecule has 204 valence electrons. The summed E-state index contributed by atoms with van der Waals surface area (Å²) in [7, 11) is 0. The van der Waals surface area contributed by atoms with Gasteiger partial charge in [0.15, 0.2) is 5.79 Å². The Kier molecular flexibility index (Phi) is 6.07. The number of piperidine rings is 2. The Labute approximate surface area is 227 Å². The van der Waals surface area contributed by atoms with Crippen LogP contribution in [-0.2, 0) is 15.9 Å². The van der Waals surface area contributed by atoms with Gasteiger partial charge < -0.3 is 14.9 Å². The van der Waals surface area contributed by atoms with E-state index in [9.17, 15) is 10.2 Å². The summed E-state index contributed by atoms with van der Waals surface area (Å²) in [4.78, 5) is 5.18. The van der Waals surface area contributed by atoms with Crippen LogP contribution in [0.3, 0.4) is 0 Å². The second-order valence-electron chi connectivity index (χ2n) is 13.2. The number of hydrogen-bond acceptors (Lipinski definition) is 5. The average Bonchev–Trinajstić information content (AvgIpc) is 3.66. The quantitative estimate of drug-likeness (QED) is 0.598.